The molecule has 0 spiro atoms. The topological polar surface area (TPSA) is 60.2 Å². The van der Waals surface area contributed by atoms with Crippen LogP contribution in [0.5, 0.6) is 5.75 Å². The van der Waals surface area contributed by atoms with Gasteiger partial charge in [0.15, 0.2) is 0 Å². The van der Waals surface area contributed by atoms with Crippen LogP contribution in [0.2, 0.25) is 0 Å². The SMILES string of the molecule is CCC(O)c1cn(CCOc2cccc(Br)c2)nn1. The molecule has 0 amide bonds. The summed E-state index contributed by atoms with van der Waals surface area (Å²) >= 11 is 3.39. The number of aliphatic hydroxyl groups excluding tert-OH is 1. The van der Waals surface area contributed by atoms with E-state index in [-0.39, 0.29) is 0 Å². The van der Waals surface area contributed by atoms with Crippen molar-refractivity contribution in [1.29, 1.82) is 0 Å². The number of halogens is 1. The first kappa shape index (κ1) is 14.0. The number of rotatable bonds is 6. The van der Waals surface area contributed by atoms with E-state index in [9.17, 15) is 5.11 Å². The highest BCUT2D eigenvalue weighted by atomic mass is 79.9. The minimum absolute atomic E-state index is 0.501. The highest BCUT2D eigenvalue weighted by Crippen LogP contribution is 2.17. The Balaban J connectivity index is 1.84. The molecule has 0 bridgehead atoms. The monoisotopic (exact) mass is 325 g/mol. The fraction of sp³-hybridized carbons (Fsp3) is 0.385. The zero-order valence-corrected chi connectivity index (χ0v) is 12.2. The Kier molecular flexibility index (Phi) is 4.93. The van der Waals surface area contributed by atoms with Crippen LogP contribution in [0.25, 0.3) is 0 Å². The van der Waals surface area contributed by atoms with E-state index in [0.29, 0.717) is 25.3 Å². The molecule has 102 valence electrons. The van der Waals surface area contributed by atoms with Crippen molar-refractivity contribution in [3.63, 3.8) is 0 Å². The van der Waals surface area contributed by atoms with Gasteiger partial charge in [0, 0.05) is 4.47 Å². The number of hydrogen-bond acceptors (Lipinski definition) is 4. The third-order valence-electron chi connectivity index (χ3n) is 2.67. The lowest BCUT2D eigenvalue weighted by Gasteiger charge is -2.06. The molecule has 1 N–H and O–H groups in total. The molecule has 0 aliphatic rings. The maximum absolute atomic E-state index is 9.62. The second-order valence-corrected chi connectivity index (χ2v) is 5.05. The number of aliphatic hydroxyl groups is 1. The molecule has 0 saturated heterocycles. The molecule has 1 aromatic heterocycles. The Hall–Kier alpha value is -1.40. The van der Waals surface area contributed by atoms with Gasteiger partial charge < -0.3 is 9.84 Å². The van der Waals surface area contributed by atoms with Crippen LogP contribution in [-0.2, 0) is 6.54 Å². The molecule has 0 fully saturated rings. The van der Waals surface area contributed by atoms with Crippen LogP contribution in [0.3, 0.4) is 0 Å². The fourth-order valence-electron chi connectivity index (χ4n) is 1.60. The molecule has 1 heterocycles. The summed E-state index contributed by atoms with van der Waals surface area (Å²) in [5.74, 6) is 0.809. The van der Waals surface area contributed by atoms with E-state index in [2.05, 4.69) is 26.2 Å². The zero-order valence-electron chi connectivity index (χ0n) is 10.7. The molecule has 1 aromatic carbocycles. The van der Waals surface area contributed by atoms with Gasteiger partial charge in [-0.2, -0.15) is 0 Å². The predicted octanol–water partition coefficient (Wildman–Crippen LogP) is 2.56. The van der Waals surface area contributed by atoms with Gasteiger partial charge in [-0.25, -0.2) is 4.68 Å². The highest BCUT2D eigenvalue weighted by molar-refractivity contribution is 9.10. The van der Waals surface area contributed by atoms with E-state index in [1.54, 1.807) is 10.9 Å². The van der Waals surface area contributed by atoms with Crippen LogP contribution >= 0.6 is 15.9 Å². The first-order valence-electron chi connectivity index (χ1n) is 6.15. The van der Waals surface area contributed by atoms with Gasteiger partial charge in [-0.15, -0.1) is 5.10 Å². The van der Waals surface area contributed by atoms with E-state index in [0.717, 1.165) is 10.2 Å². The van der Waals surface area contributed by atoms with Gasteiger partial charge in [0.05, 0.1) is 18.8 Å². The minimum atomic E-state index is -0.542. The van der Waals surface area contributed by atoms with Crippen LogP contribution < -0.4 is 4.74 Å². The summed E-state index contributed by atoms with van der Waals surface area (Å²) in [5, 5.41) is 17.5. The van der Waals surface area contributed by atoms with Crippen molar-refractivity contribution in [3.05, 3.63) is 40.6 Å². The largest absolute Gasteiger partial charge is 0.492 e. The zero-order chi connectivity index (χ0) is 13.7. The second-order valence-electron chi connectivity index (χ2n) is 4.14. The van der Waals surface area contributed by atoms with Crippen molar-refractivity contribution < 1.29 is 9.84 Å². The molecule has 5 nitrogen and oxygen atoms in total. The molecule has 19 heavy (non-hydrogen) atoms. The molecule has 0 saturated carbocycles. The molecule has 1 unspecified atom stereocenters. The molecule has 1 atom stereocenters. The smallest absolute Gasteiger partial charge is 0.120 e. The van der Waals surface area contributed by atoms with Crippen molar-refractivity contribution in [3.8, 4) is 5.75 Å². The first-order valence-corrected chi connectivity index (χ1v) is 6.95. The maximum Gasteiger partial charge on any atom is 0.120 e. The van der Waals surface area contributed by atoms with Crippen LogP contribution in [0.1, 0.15) is 25.1 Å². The number of nitrogens with zero attached hydrogens (tertiary/aromatic N) is 3. The third-order valence-corrected chi connectivity index (χ3v) is 3.16. The van der Waals surface area contributed by atoms with Gasteiger partial charge in [-0.3, -0.25) is 0 Å². The quantitative estimate of drug-likeness (QED) is 0.886. The van der Waals surface area contributed by atoms with Crippen molar-refractivity contribution in [2.24, 2.45) is 0 Å². The van der Waals surface area contributed by atoms with Crippen molar-refractivity contribution >= 4 is 15.9 Å². The summed E-state index contributed by atoms with van der Waals surface area (Å²) < 4.78 is 8.26. The number of aromatic nitrogens is 3. The normalized spacial score (nSPS) is 12.4. The van der Waals surface area contributed by atoms with E-state index < -0.39 is 6.10 Å². The number of hydrogen-bond donors (Lipinski definition) is 1. The Morgan fingerprint density at radius 3 is 3.05 bits per heavy atom. The van der Waals surface area contributed by atoms with Crippen molar-refractivity contribution in [2.75, 3.05) is 6.61 Å². The van der Waals surface area contributed by atoms with Gasteiger partial charge in [0.25, 0.3) is 0 Å². The van der Waals surface area contributed by atoms with Gasteiger partial charge >= 0.3 is 0 Å². The first-order chi connectivity index (χ1) is 9.19. The summed E-state index contributed by atoms with van der Waals surface area (Å²) in [6.45, 7) is 3.00. The molecule has 0 radical (unpaired) electrons. The van der Waals surface area contributed by atoms with E-state index in [1.165, 1.54) is 0 Å². The van der Waals surface area contributed by atoms with E-state index in [1.807, 2.05) is 31.2 Å². The lowest BCUT2D eigenvalue weighted by molar-refractivity contribution is 0.168. The van der Waals surface area contributed by atoms with Crippen molar-refractivity contribution in [1.82, 2.24) is 15.0 Å². The molecule has 2 rings (SSSR count). The van der Waals surface area contributed by atoms with Crippen LogP contribution in [0.15, 0.2) is 34.9 Å². The van der Waals surface area contributed by atoms with E-state index >= 15 is 0 Å². The van der Waals surface area contributed by atoms with Crippen LogP contribution in [0.4, 0.5) is 0 Å². The molecule has 6 heteroatoms. The lowest BCUT2D eigenvalue weighted by atomic mass is 10.2. The number of ether oxygens (including phenoxy) is 1. The van der Waals surface area contributed by atoms with Gasteiger partial charge in [0.1, 0.15) is 18.1 Å². The predicted molar refractivity (Wildman–Crippen MR) is 74.9 cm³/mol. The Bertz CT molecular complexity index is 530. The molecule has 0 aliphatic heterocycles. The molecular formula is C13H16BrN3O2. The van der Waals surface area contributed by atoms with Gasteiger partial charge in [-0.05, 0) is 24.6 Å². The second kappa shape index (κ2) is 6.68. The molecule has 2 aromatic rings. The summed E-state index contributed by atoms with van der Waals surface area (Å²) in [7, 11) is 0. The average Bonchev–Trinajstić information content (AvgIpc) is 2.87. The minimum Gasteiger partial charge on any atom is -0.492 e. The average molecular weight is 326 g/mol. The molecular weight excluding hydrogens is 310 g/mol. The summed E-state index contributed by atoms with van der Waals surface area (Å²) in [6.07, 6.45) is 1.84. The van der Waals surface area contributed by atoms with Gasteiger partial charge in [0.2, 0.25) is 0 Å². The summed E-state index contributed by atoms with van der Waals surface area (Å²) in [5.41, 5.74) is 0.602. The Morgan fingerprint density at radius 1 is 1.47 bits per heavy atom. The van der Waals surface area contributed by atoms with Crippen molar-refractivity contribution in [2.45, 2.75) is 26.0 Å². The van der Waals surface area contributed by atoms with Crippen LogP contribution in [0, 0.1) is 0 Å². The fourth-order valence-corrected chi connectivity index (χ4v) is 1.98. The maximum atomic E-state index is 9.62. The Labute approximate surface area is 120 Å². The summed E-state index contributed by atoms with van der Waals surface area (Å²) in [6, 6.07) is 7.68. The lowest BCUT2D eigenvalue weighted by Crippen LogP contribution is -2.08. The highest BCUT2D eigenvalue weighted by Gasteiger charge is 2.09. The van der Waals surface area contributed by atoms with Crippen LogP contribution in [-0.4, -0.2) is 26.7 Å². The molecule has 0 aliphatic carbocycles. The summed E-state index contributed by atoms with van der Waals surface area (Å²) in [4.78, 5) is 0. The van der Waals surface area contributed by atoms with Gasteiger partial charge in [-0.1, -0.05) is 34.1 Å². The standard InChI is InChI=1S/C13H16BrN3O2/c1-2-13(18)12-9-17(16-15-12)6-7-19-11-5-3-4-10(14)8-11/h3-5,8-9,13,18H,2,6-7H2,1H3. The van der Waals surface area contributed by atoms with E-state index in [4.69, 9.17) is 4.74 Å². The third kappa shape index (κ3) is 4.04. The number of benzene rings is 1. The Morgan fingerprint density at radius 2 is 2.32 bits per heavy atom.